The van der Waals surface area contributed by atoms with E-state index in [1.165, 1.54) is 6.26 Å². The summed E-state index contributed by atoms with van der Waals surface area (Å²) < 4.78 is 22.3. The molecule has 0 aliphatic heterocycles. The van der Waals surface area contributed by atoms with Crippen molar-refractivity contribution >= 4 is 21.2 Å². The summed E-state index contributed by atoms with van der Waals surface area (Å²) >= 11 is 1.59. The van der Waals surface area contributed by atoms with Gasteiger partial charge in [0.25, 0.3) is 0 Å². The van der Waals surface area contributed by atoms with Gasteiger partial charge in [0.05, 0.1) is 16.5 Å². The van der Waals surface area contributed by atoms with Gasteiger partial charge in [-0.25, -0.2) is 13.4 Å². The predicted molar refractivity (Wildman–Crippen MR) is 63.1 cm³/mol. The van der Waals surface area contributed by atoms with Crippen LogP contribution in [0, 0.1) is 6.92 Å². The van der Waals surface area contributed by atoms with Crippen molar-refractivity contribution in [1.29, 1.82) is 0 Å². The van der Waals surface area contributed by atoms with Crippen molar-refractivity contribution in [2.45, 2.75) is 19.4 Å². The molecule has 1 rings (SSSR count). The smallest absolute Gasteiger partial charge is 0.148 e. The van der Waals surface area contributed by atoms with Gasteiger partial charge in [-0.3, -0.25) is 0 Å². The van der Waals surface area contributed by atoms with Gasteiger partial charge in [0.2, 0.25) is 0 Å². The molecule has 0 radical (unpaired) electrons. The quantitative estimate of drug-likeness (QED) is 0.830. The summed E-state index contributed by atoms with van der Waals surface area (Å²) in [5.41, 5.74) is 0.959. The molecule has 1 heterocycles. The van der Waals surface area contributed by atoms with Gasteiger partial charge >= 0.3 is 0 Å². The molecule has 1 unspecified atom stereocenters. The Hall–Kier alpha value is -0.460. The minimum absolute atomic E-state index is 0.0542. The van der Waals surface area contributed by atoms with Gasteiger partial charge in [-0.2, -0.15) is 0 Å². The Kier molecular flexibility index (Phi) is 4.24. The number of aromatic nitrogens is 1. The number of likely N-dealkylation sites (N-methyl/N-ethyl adjacent to an activating group) is 1. The molecule has 1 aromatic rings. The van der Waals surface area contributed by atoms with Crippen molar-refractivity contribution in [2.75, 3.05) is 19.1 Å². The Morgan fingerprint density at radius 1 is 1.60 bits per heavy atom. The summed E-state index contributed by atoms with van der Waals surface area (Å²) in [6.45, 7) is 1.94. The first-order valence-electron chi connectivity index (χ1n) is 4.66. The molecule has 0 spiro atoms. The second kappa shape index (κ2) is 5.05. The fourth-order valence-electron chi connectivity index (χ4n) is 1.36. The van der Waals surface area contributed by atoms with Gasteiger partial charge in [-0.15, -0.1) is 11.3 Å². The van der Waals surface area contributed by atoms with Crippen LogP contribution in [0.1, 0.15) is 10.7 Å². The molecule has 0 saturated heterocycles. The van der Waals surface area contributed by atoms with E-state index < -0.39 is 9.84 Å². The number of nitrogens with zero attached hydrogens (tertiary/aromatic N) is 1. The number of aryl methyl sites for hydroxylation is 1. The monoisotopic (exact) mass is 248 g/mol. The Morgan fingerprint density at radius 3 is 2.67 bits per heavy atom. The van der Waals surface area contributed by atoms with Gasteiger partial charge in [0, 0.05) is 24.1 Å². The van der Waals surface area contributed by atoms with Crippen LogP contribution in [0.4, 0.5) is 0 Å². The average Bonchev–Trinajstić information content (AvgIpc) is 2.47. The van der Waals surface area contributed by atoms with Gasteiger partial charge in [-0.1, -0.05) is 0 Å². The lowest BCUT2D eigenvalue weighted by Gasteiger charge is -2.13. The highest BCUT2D eigenvalue weighted by Crippen LogP contribution is 2.10. The van der Waals surface area contributed by atoms with Crippen LogP contribution in [0.25, 0.3) is 0 Å². The van der Waals surface area contributed by atoms with Gasteiger partial charge in [-0.05, 0) is 14.0 Å². The van der Waals surface area contributed by atoms with E-state index in [0.29, 0.717) is 6.42 Å². The highest BCUT2D eigenvalue weighted by molar-refractivity contribution is 7.90. The summed E-state index contributed by atoms with van der Waals surface area (Å²) in [5, 5.41) is 5.99. The summed E-state index contributed by atoms with van der Waals surface area (Å²) in [7, 11) is -1.16. The van der Waals surface area contributed by atoms with Crippen LogP contribution in [0.5, 0.6) is 0 Å². The molecule has 0 amide bonds. The zero-order valence-electron chi connectivity index (χ0n) is 9.15. The minimum atomic E-state index is -2.94. The van der Waals surface area contributed by atoms with E-state index in [4.69, 9.17) is 0 Å². The molecule has 1 N–H and O–H groups in total. The summed E-state index contributed by atoms with van der Waals surface area (Å²) in [4.78, 5) is 4.31. The standard InChI is InChI=1S/C9H16N2O2S2/c1-7-11-8(5-14-7)4-9(10-2)6-15(3,12)13/h5,9-10H,4,6H2,1-3H3. The van der Waals surface area contributed by atoms with E-state index >= 15 is 0 Å². The van der Waals surface area contributed by atoms with E-state index in [2.05, 4.69) is 10.3 Å². The molecular weight excluding hydrogens is 232 g/mol. The van der Waals surface area contributed by atoms with Crippen molar-refractivity contribution in [3.63, 3.8) is 0 Å². The summed E-state index contributed by atoms with van der Waals surface area (Å²) in [6.07, 6.45) is 1.91. The van der Waals surface area contributed by atoms with E-state index in [-0.39, 0.29) is 11.8 Å². The third-order valence-corrected chi connectivity index (χ3v) is 3.86. The number of sulfone groups is 1. The highest BCUT2D eigenvalue weighted by atomic mass is 32.2. The van der Waals surface area contributed by atoms with Crippen LogP contribution in [-0.4, -0.2) is 38.5 Å². The van der Waals surface area contributed by atoms with Gasteiger partial charge in [0.1, 0.15) is 9.84 Å². The van der Waals surface area contributed by atoms with E-state index in [1.807, 2.05) is 12.3 Å². The maximum absolute atomic E-state index is 11.1. The zero-order chi connectivity index (χ0) is 11.5. The van der Waals surface area contributed by atoms with Crippen LogP contribution in [-0.2, 0) is 16.3 Å². The van der Waals surface area contributed by atoms with Crippen LogP contribution in [0.3, 0.4) is 0 Å². The molecule has 0 bridgehead atoms. The van der Waals surface area contributed by atoms with Gasteiger partial charge in [0.15, 0.2) is 0 Å². The van der Waals surface area contributed by atoms with Crippen molar-refractivity contribution in [3.8, 4) is 0 Å². The fourth-order valence-corrected chi connectivity index (χ4v) is 3.01. The Bertz CT molecular complexity index is 412. The van der Waals surface area contributed by atoms with Crippen molar-refractivity contribution in [1.82, 2.24) is 10.3 Å². The second-order valence-electron chi connectivity index (χ2n) is 3.64. The molecule has 0 fully saturated rings. The molecule has 0 aromatic carbocycles. The molecule has 86 valence electrons. The number of thiazole rings is 1. The summed E-state index contributed by atoms with van der Waals surface area (Å²) in [6, 6.07) is -0.0542. The van der Waals surface area contributed by atoms with Crippen LogP contribution in [0.15, 0.2) is 5.38 Å². The van der Waals surface area contributed by atoms with Crippen molar-refractivity contribution in [2.24, 2.45) is 0 Å². The topological polar surface area (TPSA) is 59.1 Å². The zero-order valence-corrected chi connectivity index (χ0v) is 10.8. The summed E-state index contributed by atoms with van der Waals surface area (Å²) in [5.74, 6) is 0.153. The van der Waals surface area contributed by atoms with Crippen molar-refractivity contribution in [3.05, 3.63) is 16.1 Å². The van der Waals surface area contributed by atoms with E-state index in [1.54, 1.807) is 18.4 Å². The number of hydrogen-bond donors (Lipinski definition) is 1. The maximum atomic E-state index is 11.1. The molecule has 0 aliphatic carbocycles. The Morgan fingerprint density at radius 2 is 2.27 bits per heavy atom. The molecular formula is C9H16N2O2S2. The van der Waals surface area contributed by atoms with E-state index in [0.717, 1.165) is 10.7 Å². The van der Waals surface area contributed by atoms with Crippen molar-refractivity contribution < 1.29 is 8.42 Å². The third kappa shape index (κ3) is 4.72. The average molecular weight is 248 g/mol. The highest BCUT2D eigenvalue weighted by Gasteiger charge is 2.15. The van der Waals surface area contributed by atoms with Crippen LogP contribution < -0.4 is 5.32 Å². The fraction of sp³-hybridized carbons (Fsp3) is 0.667. The number of hydrogen-bond acceptors (Lipinski definition) is 5. The van der Waals surface area contributed by atoms with Crippen LogP contribution >= 0.6 is 11.3 Å². The third-order valence-electron chi connectivity index (χ3n) is 2.03. The Balaban J connectivity index is 2.62. The molecule has 0 saturated carbocycles. The van der Waals surface area contributed by atoms with Crippen LogP contribution in [0.2, 0.25) is 0 Å². The molecule has 15 heavy (non-hydrogen) atoms. The second-order valence-corrected chi connectivity index (χ2v) is 6.89. The first-order chi connectivity index (χ1) is 6.90. The molecule has 0 aliphatic rings. The number of rotatable bonds is 5. The molecule has 4 nitrogen and oxygen atoms in total. The maximum Gasteiger partial charge on any atom is 0.148 e. The first kappa shape index (κ1) is 12.6. The largest absolute Gasteiger partial charge is 0.316 e. The number of nitrogens with one attached hydrogen (secondary N) is 1. The first-order valence-corrected chi connectivity index (χ1v) is 7.60. The lowest BCUT2D eigenvalue weighted by atomic mass is 10.2. The lowest BCUT2D eigenvalue weighted by molar-refractivity contribution is 0.564. The Labute approximate surface area is 94.7 Å². The molecule has 1 aromatic heterocycles. The minimum Gasteiger partial charge on any atom is -0.316 e. The normalized spacial score (nSPS) is 14.1. The predicted octanol–water partition coefficient (Wildman–Crippen LogP) is 0.627. The van der Waals surface area contributed by atoms with Gasteiger partial charge < -0.3 is 5.32 Å². The molecule has 1 atom stereocenters. The molecule has 6 heteroatoms. The lowest BCUT2D eigenvalue weighted by Crippen LogP contribution is -2.34. The SMILES string of the molecule is CNC(Cc1csc(C)n1)CS(C)(=O)=O. The van der Waals surface area contributed by atoms with E-state index in [9.17, 15) is 8.42 Å².